The first-order valence-electron chi connectivity index (χ1n) is 5.37. The van der Waals surface area contributed by atoms with Gasteiger partial charge in [0.05, 0.1) is 32.5 Å². The molecule has 0 atom stereocenters. The minimum absolute atomic E-state index is 0.0635. The Morgan fingerprint density at radius 1 is 1.28 bits per heavy atom. The number of carbonyl (C=O) groups excluding carboxylic acids is 1. The first kappa shape index (κ1) is 14.4. The minimum atomic E-state index is -0.669. The molecule has 1 aromatic rings. The summed E-state index contributed by atoms with van der Waals surface area (Å²) < 4.78 is 28.6. The first-order chi connectivity index (χ1) is 8.72. The van der Waals surface area contributed by atoms with Crippen LogP contribution >= 0.6 is 0 Å². The maximum atomic E-state index is 13.4. The van der Waals surface area contributed by atoms with Crippen LogP contribution in [0.4, 0.5) is 4.39 Å². The van der Waals surface area contributed by atoms with Gasteiger partial charge < -0.3 is 19.3 Å². The molecule has 0 unspecified atom stereocenters. The average molecular weight is 258 g/mol. The second-order valence-corrected chi connectivity index (χ2v) is 3.33. The second-order valence-electron chi connectivity index (χ2n) is 3.33. The summed E-state index contributed by atoms with van der Waals surface area (Å²) in [6, 6.07) is 2.36. The molecule has 0 aliphatic rings. The van der Waals surface area contributed by atoms with Crippen LogP contribution in [0.15, 0.2) is 12.1 Å². The van der Waals surface area contributed by atoms with E-state index in [1.165, 1.54) is 13.2 Å². The zero-order valence-corrected chi connectivity index (χ0v) is 10.0. The van der Waals surface area contributed by atoms with Gasteiger partial charge in [-0.2, -0.15) is 0 Å². The van der Waals surface area contributed by atoms with Crippen molar-refractivity contribution in [3.63, 3.8) is 0 Å². The van der Waals surface area contributed by atoms with Crippen molar-refractivity contribution in [3.05, 3.63) is 23.5 Å². The molecule has 0 amide bonds. The van der Waals surface area contributed by atoms with Gasteiger partial charge in [0, 0.05) is 6.07 Å². The van der Waals surface area contributed by atoms with Crippen LogP contribution in [0.25, 0.3) is 0 Å². The molecule has 0 heterocycles. The zero-order valence-electron chi connectivity index (χ0n) is 10.0. The molecule has 0 aliphatic heterocycles. The molecule has 1 aromatic carbocycles. The van der Waals surface area contributed by atoms with Gasteiger partial charge in [-0.05, 0) is 6.07 Å². The van der Waals surface area contributed by atoms with E-state index >= 15 is 0 Å². The van der Waals surface area contributed by atoms with Gasteiger partial charge in [0.1, 0.15) is 12.4 Å². The molecule has 0 fully saturated rings. The summed E-state index contributed by atoms with van der Waals surface area (Å²) in [5.41, 5.74) is -0.0873. The van der Waals surface area contributed by atoms with E-state index in [4.69, 9.17) is 19.3 Å². The maximum Gasteiger partial charge on any atom is 0.164 e. The van der Waals surface area contributed by atoms with Gasteiger partial charge in [0.15, 0.2) is 17.8 Å². The quantitative estimate of drug-likeness (QED) is 0.557. The number of halogens is 1. The third kappa shape index (κ3) is 3.97. The van der Waals surface area contributed by atoms with Crippen LogP contribution in [0.3, 0.4) is 0 Å². The van der Waals surface area contributed by atoms with Gasteiger partial charge in [-0.3, -0.25) is 4.79 Å². The number of hydrogen-bond acceptors (Lipinski definition) is 5. The smallest absolute Gasteiger partial charge is 0.164 e. The van der Waals surface area contributed by atoms with E-state index in [2.05, 4.69) is 0 Å². The lowest BCUT2D eigenvalue weighted by Gasteiger charge is -2.11. The van der Waals surface area contributed by atoms with Crippen molar-refractivity contribution in [1.29, 1.82) is 0 Å². The molecule has 1 rings (SSSR count). The number of benzene rings is 1. The third-order valence-corrected chi connectivity index (χ3v) is 2.13. The number of ether oxygens (including phenoxy) is 3. The van der Waals surface area contributed by atoms with Crippen molar-refractivity contribution in [1.82, 2.24) is 0 Å². The Kier molecular flexibility index (Phi) is 6.10. The van der Waals surface area contributed by atoms with Crippen molar-refractivity contribution >= 4 is 6.29 Å². The Morgan fingerprint density at radius 2 is 2.06 bits per heavy atom. The van der Waals surface area contributed by atoms with Crippen molar-refractivity contribution < 1.29 is 28.5 Å². The molecule has 18 heavy (non-hydrogen) atoms. The van der Waals surface area contributed by atoms with Gasteiger partial charge in [0.25, 0.3) is 0 Å². The Hall–Kier alpha value is -1.66. The molecule has 6 heteroatoms. The number of aldehydes is 1. The molecule has 0 bridgehead atoms. The van der Waals surface area contributed by atoms with Gasteiger partial charge >= 0.3 is 0 Å². The summed E-state index contributed by atoms with van der Waals surface area (Å²) >= 11 is 0. The Balaban J connectivity index is 2.64. The van der Waals surface area contributed by atoms with Crippen LogP contribution in [0.1, 0.15) is 10.4 Å². The summed E-state index contributed by atoms with van der Waals surface area (Å²) in [5.74, 6) is -0.189. The first-order valence-corrected chi connectivity index (χ1v) is 5.37. The van der Waals surface area contributed by atoms with Gasteiger partial charge in [-0.1, -0.05) is 0 Å². The summed E-state index contributed by atoms with van der Waals surface area (Å²) in [5, 5.41) is 8.49. The highest BCUT2D eigenvalue weighted by molar-refractivity contribution is 5.76. The number of aliphatic hydroxyl groups is 1. The molecule has 1 N–H and O–H groups in total. The maximum absolute atomic E-state index is 13.4. The van der Waals surface area contributed by atoms with Crippen LogP contribution in [0.5, 0.6) is 11.5 Å². The molecular weight excluding hydrogens is 243 g/mol. The normalized spacial score (nSPS) is 10.2. The highest BCUT2D eigenvalue weighted by Gasteiger charge is 2.11. The lowest BCUT2D eigenvalue weighted by atomic mass is 10.2. The predicted octanol–water partition coefficient (Wildman–Crippen LogP) is 1.03. The highest BCUT2D eigenvalue weighted by atomic mass is 19.1. The standard InChI is InChI=1S/C12H15FO5/c1-16-11-6-9(8-15)10(13)7-12(11)18-5-4-17-3-2-14/h6-8,14H,2-5H2,1H3. The van der Waals surface area contributed by atoms with E-state index in [-0.39, 0.29) is 43.5 Å². The molecule has 0 saturated carbocycles. The van der Waals surface area contributed by atoms with Crippen LogP contribution in [0.2, 0.25) is 0 Å². The van der Waals surface area contributed by atoms with Gasteiger partial charge in [-0.15, -0.1) is 0 Å². The topological polar surface area (TPSA) is 65.0 Å². The third-order valence-electron chi connectivity index (χ3n) is 2.13. The summed E-state index contributed by atoms with van der Waals surface area (Å²) in [6.07, 6.45) is 0.409. The lowest BCUT2D eigenvalue weighted by molar-refractivity contribution is 0.0698. The van der Waals surface area contributed by atoms with E-state index < -0.39 is 5.82 Å². The van der Waals surface area contributed by atoms with Crippen LogP contribution < -0.4 is 9.47 Å². The summed E-state index contributed by atoms with van der Waals surface area (Å²) in [6.45, 7) is 0.613. The molecule has 0 aliphatic carbocycles. The highest BCUT2D eigenvalue weighted by Crippen LogP contribution is 2.29. The number of rotatable bonds is 8. The van der Waals surface area contributed by atoms with Crippen molar-refractivity contribution in [2.75, 3.05) is 33.5 Å². The Morgan fingerprint density at radius 3 is 2.67 bits per heavy atom. The van der Waals surface area contributed by atoms with E-state index in [1.807, 2.05) is 0 Å². The van der Waals surface area contributed by atoms with E-state index in [1.54, 1.807) is 0 Å². The number of aliphatic hydroxyl groups excluding tert-OH is 1. The lowest BCUT2D eigenvalue weighted by Crippen LogP contribution is -2.10. The van der Waals surface area contributed by atoms with Crippen molar-refractivity contribution in [2.24, 2.45) is 0 Å². The molecule has 0 aromatic heterocycles. The molecule has 0 saturated heterocycles. The number of methoxy groups -OCH3 is 1. The van der Waals surface area contributed by atoms with Crippen LogP contribution in [0, 0.1) is 5.82 Å². The summed E-state index contributed by atoms with van der Waals surface area (Å²) in [4.78, 5) is 10.6. The molecule has 0 radical (unpaired) electrons. The fourth-order valence-corrected chi connectivity index (χ4v) is 1.29. The molecular formula is C12H15FO5. The largest absolute Gasteiger partial charge is 0.493 e. The van der Waals surface area contributed by atoms with E-state index in [9.17, 15) is 9.18 Å². The number of hydrogen-bond donors (Lipinski definition) is 1. The Labute approximate surface area is 104 Å². The van der Waals surface area contributed by atoms with Crippen molar-refractivity contribution in [3.8, 4) is 11.5 Å². The fourth-order valence-electron chi connectivity index (χ4n) is 1.29. The zero-order chi connectivity index (χ0) is 13.4. The van der Waals surface area contributed by atoms with Crippen molar-refractivity contribution in [2.45, 2.75) is 0 Å². The average Bonchev–Trinajstić information content (AvgIpc) is 2.38. The van der Waals surface area contributed by atoms with Gasteiger partial charge in [-0.25, -0.2) is 4.39 Å². The van der Waals surface area contributed by atoms with E-state index in [0.29, 0.717) is 6.29 Å². The Bertz CT molecular complexity index is 394. The van der Waals surface area contributed by atoms with Crippen LogP contribution in [-0.4, -0.2) is 44.9 Å². The molecule has 5 nitrogen and oxygen atoms in total. The predicted molar refractivity (Wildman–Crippen MR) is 61.7 cm³/mol. The number of carbonyl (C=O) groups is 1. The SMILES string of the molecule is COc1cc(C=O)c(F)cc1OCCOCCO. The fraction of sp³-hybridized carbons (Fsp3) is 0.417. The van der Waals surface area contributed by atoms with Crippen LogP contribution in [-0.2, 0) is 4.74 Å². The monoisotopic (exact) mass is 258 g/mol. The van der Waals surface area contributed by atoms with E-state index in [0.717, 1.165) is 6.07 Å². The molecule has 0 spiro atoms. The minimum Gasteiger partial charge on any atom is -0.493 e. The van der Waals surface area contributed by atoms with Gasteiger partial charge in [0.2, 0.25) is 0 Å². The molecule has 100 valence electrons. The second kappa shape index (κ2) is 7.62. The summed E-state index contributed by atoms with van der Waals surface area (Å²) in [7, 11) is 1.40.